The lowest BCUT2D eigenvalue weighted by Crippen LogP contribution is -2.37. The molecule has 1 radical (unpaired) electrons. The van der Waals surface area contributed by atoms with Gasteiger partial charge in [-0.15, -0.1) is 11.3 Å². The van der Waals surface area contributed by atoms with Gasteiger partial charge < -0.3 is 14.6 Å². The summed E-state index contributed by atoms with van der Waals surface area (Å²) in [7, 11) is 2.42. The van der Waals surface area contributed by atoms with E-state index in [1.54, 1.807) is 0 Å². The molecule has 1 N–H and O–H groups in total. The molecule has 0 fully saturated rings. The second-order valence-corrected chi connectivity index (χ2v) is 20.1. The molecule has 8 aromatic carbocycles. The molecule has 2 aliphatic rings. The van der Waals surface area contributed by atoms with Crippen molar-refractivity contribution >= 4 is 88.7 Å². The van der Waals surface area contributed by atoms with Gasteiger partial charge in [-0.05, 0) is 99.2 Å². The number of benzene rings is 8. The molecule has 303 valence electrons. The summed E-state index contributed by atoms with van der Waals surface area (Å²) in [4.78, 5) is 0. The van der Waals surface area contributed by atoms with Crippen LogP contribution in [0.1, 0.15) is 62.4 Å². The number of aromatic nitrogens is 1. The number of hydrogen-bond acceptors (Lipinski definition) is 3. The zero-order valence-electron chi connectivity index (χ0n) is 36.5. The number of nitrogens with one attached hydrogen (secondary N) is 1. The van der Waals surface area contributed by atoms with E-state index in [0.29, 0.717) is 5.76 Å². The summed E-state index contributed by atoms with van der Waals surface area (Å²) >= 11 is 1.87. The molecule has 3 heterocycles. The van der Waals surface area contributed by atoms with Gasteiger partial charge in [0.05, 0.1) is 5.52 Å². The van der Waals surface area contributed by atoms with Crippen molar-refractivity contribution in [2.75, 3.05) is 5.32 Å². The Hall–Kier alpha value is -6.82. The molecule has 63 heavy (non-hydrogen) atoms. The summed E-state index contributed by atoms with van der Waals surface area (Å²) in [5, 5.41) is 9.02. The van der Waals surface area contributed by atoms with E-state index in [-0.39, 0.29) is 10.8 Å². The van der Waals surface area contributed by atoms with E-state index in [0.717, 1.165) is 39.4 Å². The monoisotopic (exact) mass is 829 g/mol. The topological polar surface area (TPSA) is 26.2 Å². The highest BCUT2D eigenvalue weighted by Crippen LogP contribution is 2.52. The first-order valence-corrected chi connectivity index (χ1v) is 22.7. The molecular formula is C58H46BN2OS. The second kappa shape index (κ2) is 13.6. The first-order valence-electron chi connectivity index (χ1n) is 21.9. The largest absolute Gasteiger partial charge is 0.457 e. The molecule has 2 aromatic heterocycles. The van der Waals surface area contributed by atoms with Crippen molar-refractivity contribution in [3.63, 3.8) is 0 Å². The van der Waals surface area contributed by atoms with Crippen LogP contribution in [0.2, 0.25) is 0 Å². The van der Waals surface area contributed by atoms with E-state index in [1.165, 1.54) is 86.4 Å². The summed E-state index contributed by atoms with van der Waals surface area (Å²) in [6.45, 7) is 18.0. The second-order valence-electron chi connectivity index (χ2n) is 19.0. The minimum absolute atomic E-state index is 0.0685. The van der Waals surface area contributed by atoms with E-state index < -0.39 is 0 Å². The van der Waals surface area contributed by atoms with Crippen LogP contribution in [-0.4, -0.2) is 11.8 Å². The van der Waals surface area contributed by atoms with Crippen LogP contribution in [-0.2, 0) is 10.8 Å². The highest BCUT2D eigenvalue weighted by atomic mass is 32.1. The summed E-state index contributed by atoms with van der Waals surface area (Å²) in [6.07, 6.45) is 0. The molecule has 3 nitrogen and oxygen atoms in total. The van der Waals surface area contributed by atoms with Crippen LogP contribution in [0.25, 0.3) is 75.7 Å². The Morgan fingerprint density at radius 1 is 0.667 bits per heavy atom. The summed E-state index contributed by atoms with van der Waals surface area (Å²) in [5.74, 6) is 1.43. The third kappa shape index (κ3) is 5.79. The molecule has 5 heteroatoms. The number of ether oxygens (including phenoxy) is 1. The SMILES string of the molecule is C=C(Oc1cc2c(cc1C)[B]c1c(-c3cc4c(cc3Nc3ccc(C(C)(C)C)cc3)C(C)(C)c3ccccc3-4)ccc3c4cc5sc6ccccc6c5cc4n-2c13)c1ccccc1. The van der Waals surface area contributed by atoms with E-state index >= 15 is 0 Å². The Kier molecular flexibility index (Phi) is 8.18. The smallest absolute Gasteiger partial charge is 0.197 e. The van der Waals surface area contributed by atoms with Crippen molar-refractivity contribution in [1.29, 1.82) is 0 Å². The molecule has 0 unspecified atom stereocenters. The van der Waals surface area contributed by atoms with Gasteiger partial charge in [0.15, 0.2) is 7.28 Å². The fourth-order valence-electron chi connectivity index (χ4n) is 10.4. The van der Waals surface area contributed by atoms with Gasteiger partial charge in [0.2, 0.25) is 0 Å². The average Bonchev–Trinajstić information content (AvgIpc) is 3.88. The molecular weight excluding hydrogens is 784 g/mol. The third-order valence-corrected chi connectivity index (χ3v) is 14.8. The molecule has 0 atom stereocenters. The lowest BCUT2D eigenvalue weighted by molar-refractivity contribution is 0.512. The maximum atomic E-state index is 6.64. The van der Waals surface area contributed by atoms with Crippen molar-refractivity contribution in [1.82, 2.24) is 4.57 Å². The van der Waals surface area contributed by atoms with E-state index in [2.05, 4.69) is 187 Å². The van der Waals surface area contributed by atoms with Gasteiger partial charge in [0.1, 0.15) is 11.5 Å². The van der Waals surface area contributed by atoms with Gasteiger partial charge in [-0.25, -0.2) is 0 Å². The van der Waals surface area contributed by atoms with Crippen LogP contribution < -0.4 is 21.0 Å². The summed E-state index contributed by atoms with van der Waals surface area (Å²) < 4.78 is 11.7. The maximum Gasteiger partial charge on any atom is 0.197 e. The van der Waals surface area contributed by atoms with Crippen LogP contribution >= 0.6 is 11.3 Å². The third-order valence-electron chi connectivity index (χ3n) is 13.7. The highest BCUT2D eigenvalue weighted by Gasteiger charge is 2.37. The lowest BCUT2D eigenvalue weighted by Gasteiger charge is -2.26. The Balaban J connectivity index is 1.12. The minimum atomic E-state index is -0.146. The van der Waals surface area contributed by atoms with Crippen LogP contribution in [0, 0.1) is 6.92 Å². The first-order chi connectivity index (χ1) is 30.4. The number of rotatable bonds is 6. The number of fused-ring (bicyclic) bond motifs is 11. The van der Waals surface area contributed by atoms with E-state index in [9.17, 15) is 0 Å². The predicted molar refractivity (Wildman–Crippen MR) is 271 cm³/mol. The quantitative estimate of drug-likeness (QED) is 0.133. The number of hydrogen-bond donors (Lipinski definition) is 1. The zero-order valence-corrected chi connectivity index (χ0v) is 37.3. The Bertz CT molecular complexity index is 3570. The number of anilines is 2. The fourth-order valence-corrected chi connectivity index (χ4v) is 11.5. The van der Waals surface area contributed by atoms with Crippen LogP contribution in [0.4, 0.5) is 11.4 Å². The lowest BCUT2D eigenvalue weighted by atomic mass is 9.58. The summed E-state index contributed by atoms with van der Waals surface area (Å²) in [5.41, 5.74) is 19.0. The summed E-state index contributed by atoms with van der Waals surface area (Å²) in [6, 6.07) is 55.9. The van der Waals surface area contributed by atoms with E-state index in [1.807, 2.05) is 41.7 Å². The van der Waals surface area contributed by atoms with Crippen molar-refractivity contribution in [3.05, 3.63) is 186 Å². The van der Waals surface area contributed by atoms with E-state index in [4.69, 9.17) is 4.74 Å². The molecule has 0 saturated carbocycles. The van der Waals surface area contributed by atoms with Crippen molar-refractivity contribution < 1.29 is 4.74 Å². The first kappa shape index (κ1) is 37.9. The molecule has 10 aromatic rings. The average molecular weight is 830 g/mol. The number of nitrogens with zero attached hydrogens (tertiary/aromatic N) is 1. The van der Waals surface area contributed by atoms with Crippen molar-refractivity contribution in [2.45, 2.75) is 52.4 Å². The Morgan fingerprint density at radius 2 is 1.43 bits per heavy atom. The van der Waals surface area contributed by atoms with Crippen LogP contribution in [0.5, 0.6) is 5.75 Å². The van der Waals surface area contributed by atoms with Gasteiger partial charge in [0.25, 0.3) is 0 Å². The molecule has 0 spiro atoms. The van der Waals surface area contributed by atoms with Gasteiger partial charge >= 0.3 is 0 Å². The molecule has 0 amide bonds. The fraction of sp³-hybridized carbons (Fsp3) is 0.138. The van der Waals surface area contributed by atoms with Crippen molar-refractivity contribution in [2.24, 2.45) is 0 Å². The number of thiophene rings is 1. The van der Waals surface area contributed by atoms with Gasteiger partial charge in [-0.1, -0.05) is 150 Å². The van der Waals surface area contributed by atoms with Crippen LogP contribution in [0.3, 0.4) is 0 Å². The highest BCUT2D eigenvalue weighted by molar-refractivity contribution is 7.25. The Morgan fingerprint density at radius 3 is 2.24 bits per heavy atom. The minimum Gasteiger partial charge on any atom is -0.457 e. The molecule has 12 rings (SSSR count). The predicted octanol–water partition coefficient (Wildman–Crippen LogP) is 14.5. The zero-order chi connectivity index (χ0) is 42.9. The Labute approximate surface area is 373 Å². The molecule has 0 saturated heterocycles. The van der Waals surface area contributed by atoms with Gasteiger partial charge in [-0.2, -0.15) is 0 Å². The molecule has 1 aliphatic carbocycles. The normalized spacial score (nSPS) is 13.6. The van der Waals surface area contributed by atoms with Crippen molar-refractivity contribution in [3.8, 4) is 33.7 Å². The van der Waals surface area contributed by atoms with Gasteiger partial charge in [0, 0.05) is 76.1 Å². The number of aryl methyl sites for hydroxylation is 1. The standard InChI is InChI=1S/C58H46BN2OS/c1-33-27-48-51(32-52(33)62-34(2)35-15-9-8-10-16-35)61-50-29-45-39-18-12-14-20-53(39)63-54(45)30-44(50)41-26-25-40(55(59-48)56(41)61)43-28-42-38-17-11-13-19-46(38)58(6,7)47(42)31-49(43)60-37-23-21-36(22-24-37)57(3,4)5/h8-32,60H,2H2,1,3-7H3. The molecule has 1 aliphatic heterocycles. The van der Waals surface area contributed by atoms with Gasteiger partial charge in [-0.3, -0.25) is 0 Å². The van der Waals surface area contributed by atoms with Crippen LogP contribution in [0.15, 0.2) is 158 Å². The maximum absolute atomic E-state index is 6.64. The molecule has 0 bridgehead atoms.